The number of nitrogens with one attached hydrogen (secondary N) is 2. The molecule has 1 aromatic heterocycles. The standard InChI is InChI=1S/C28H36N2O9/c1-4-14-16(10-19-22-15(8-9-29-19)21-13(2)6-5-7-18(21)30-22)17(26(35)36-3)12-37-27(14)39-28-25(34)24(33)23(32)20(11-31)38-28/h4-7,12,14,16,19-20,23-25,27-34H,1,8-11H2,2-3H3/t14-,16+,19+,20-,23-,24+,25-,27+,28+/m1/s1. The molecule has 3 aliphatic heterocycles. The number of aliphatic hydroxyl groups is 4. The number of hydrogen-bond acceptors (Lipinski definition) is 10. The third kappa shape index (κ3) is 5.00. The van der Waals surface area contributed by atoms with Crippen molar-refractivity contribution in [3.05, 3.63) is 59.5 Å². The molecule has 5 rings (SSSR count). The smallest absolute Gasteiger partial charge is 0.337 e. The van der Waals surface area contributed by atoms with Crippen LogP contribution in [0.4, 0.5) is 0 Å². The van der Waals surface area contributed by atoms with Gasteiger partial charge >= 0.3 is 5.97 Å². The van der Waals surface area contributed by atoms with Crippen LogP contribution in [0.15, 0.2) is 42.7 Å². The van der Waals surface area contributed by atoms with Crippen molar-refractivity contribution in [1.82, 2.24) is 10.3 Å². The Bertz CT molecular complexity index is 1240. The Morgan fingerprint density at radius 3 is 2.72 bits per heavy atom. The Hall–Kier alpha value is -2.77. The van der Waals surface area contributed by atoms with Gasteiger partial charge in [0.25, 0.3) is 0 Å². The molecule has 11 heteroatoms. The van der Waals surface area contributed by atoms with Crippen LogP contribution in [0, 0.1) is 18.8 Å². The maximum absolute atomic E-state index is 12.8. The predicted molar refractivity (Wildman–Crippen MR) is 139 cm³/mol. The topological polar surface area (TPSA) is 163 Å². The van der Waals surface area contributed by atoms with Crippen molar-refractivity contribution in [2.75, 3.05) is 20.3 Å². The molecule has 212 valence electrons. The number of hydrogen-bond donors (Lipinski definition) is 6. The van der Waals surface area contributed by atoms with Gasteiger partial charge < -0.3 is 49.7 Å². The van der Waals surface area contributed by atoms with E-state index < -0.39 is 61.4 Å². The molecule has 0 amide bonds. The molecule has 1 fully saturated rings. The Morgan fingerprint density at radius 2 is 2.00 bits per heavy atom. The molecule has 2 aromatic rings. The van der Waals surface area contributed by atoms with Crippen molar-refractivity contribution in [1.29, 1.82) is 0 Å². The number of H-pyrrole nitrogens is 1. The summed E-state index contributed by atoms with van der Waals surface area (Å²) in [5, 5.41) is 45.1. The van der Waals surface area contributed by atoms with E-state index in [1.807, 2.05) is 6.07 Å². The average Bonchev–Trinajstić information content (AvgIpc) is 3.34. The van der Waals surface area contributed by atoms with Gasteiger partial charge in [0.1, 0.15) is 24.4 Å². The molecule has 1 saturated heterocycles. The molecule has 1 aromatic carbocycles. The lowest BCUT2D eigenvalue weighted by Gasteiger charge is -2.43. The highest BCUT2D eigenvalue weighted by Gasteiger charge is 2.48. The van der Waals surface area contributed by atoms with Gasteiger partial charge in [-0.1, -0.05) is 18.2 Å². The van der Waals surface area contributed by atoms with E-state index in [1.165, 1.54) is 29.9 Å². The van der Waals surface area contributed by atoms with Crippen LogP contribution in [0.5, 0.6) is 0 Å². The normalized spacial score (nSPS) is 34.6. The number of carbonyl (C=O) groups is 1. The molecule has 0 unspecified atom stereocenters. The molecule has 9 atom stereocenters. The second-order valence-electron chi connectivity index (χ2n) is 10.3. The molecule has 6 N–H and O–H groups in total. The minimum Gasteiger partial charge on any atom is -0.471 e. The first kappa shape index (κ1) is 27.8. The van der Waals surface area contributed by atoms with Gasteiger partial charge in [0.15, 0.2) is 6.29 Å². The predicted octanol–water partition coefficient (Wildman–Crippen LogP) is 0.701. The van der Waals surface area contributed by atoms with Crippen molar-refractivity contribution in [2.24, 2.45) is 11.8 Å². The van der Waals surface area contributed by atoms with E-state index in [4.69, 9.17) is 18.9 Å². The summed E-state index contributed by atoms with van der Waals surface area (Å²) in [6.07, 6.45) is -4.03. The van der Waals surface area contributed by atoms with Crippen LogP contribution >= 0.6 is 0 Å². The van der Waals surface area contributed by atoms with Gasteiger partial charge in [-0.15, -0.1) is 6.58 Å². The Balaban J connectivity index is 1.44. The van der Waals surface area contributed by atoms with Crippen molar-refractivity contribution in [3.8, 4) is 0 Å². The lowest BCUT2D eigenvalue weighted by Crippen LogP contribution is -2.60. The van der Waals surface area contributed by atoms with E-state index in [9.17, 15) is 25.2 Å². The zero-order chi connectivity index (χ0) is 27.8. The largest absolute Gasteiger partial charge is 0.471 e. The van der Waals surface area contributed by atoms with Gasteiger partial charge in [-0.3, -0.25) is 0 Å². The molecule has 11 nitrogen and oxygen atoms in total. The molecule has 0 radical (unpaired) electrons. The van der Waals surface area contributed by atoms with Crippen molar-refractivity contribution >= 4 is 16.9 Å². The zero-order valence-electron chi connectivity index (χ0n) is 21.9. The average molecular weight is 545 g/mol. The second kappa shape index (κ2) is 11.4. The monoisotopic (exact) mass is 544 g/mol. The van der Waals surface area contributed by atoms with Crippen LogP contribution in [0.2, 0.25) is 0 Å². The van der Waals surface area contributed by atoms with E-state index in [0.717, 1.165) is 24.2 Å². The van der Waals surface area contributed by atoms with Gasteiger partial charge in [-0.05, 0) is 43.5 Å². The van der Waals surface area contributed by atoms with Crippen LogP contribution in [-0.2, 0) is 30.2 Å². The van der Waals surface area contributed by atoms with Gasteiger partial charge in [0.2, 0.25) is 6.29 Å². The van der Waals surface area contributed by atoms with Gasteiger partial charge in [0.05, 0.1) is 25.6 Å². The molecule has 0 aliphatic carbocycles. The second-order valence-corrected chi connectivity index (χ2v) is 10.3. The minimum absolute atomic E-state index is 0.118. The van der Waals surface area contributed by atoms with Gasteiger partial charge in [-0.25, -0.2) is 4.79 Å². The van der Waals surface area contributed by atoms with Crippen LogP contribution < -0.4 is 5.32 Å². The van der Waals surface area contributed by atoms with Crippen LogP contribution in [0.3, 0.4) is 0 Å². The number of aromatic amines is 1. The third-order valence-electron chi connectivity index (χ3n) is 8.09. The quantitative estimate of drug-likeness (QED) is 0.216. The number of benzene rings is 1. The lowest BCUT2D eigenvalue weighted by atomic mass is 9.78. The highest BCUT2D eigenvalue weighted by atomic mass is 16.8. The number of aryl methyl sites for hydroxylation is 1. The van der Waals surface area contributed by atoms with Crippen LogP contribution in [-0.4, -0.2) is 88.6 Å². The summed E-state index contributed by atoms with van der Waals surface area (Å²) in [6, 6.07) is 6.06. The Labute approximate surface area is 226 Å². The van der Waals surface area contributed by atoms with Gasteiger partial charge in [-0.2, -0.15) is 0 Å². The summed E-state index contributed by atoms with van der Waals surface area (Å²) < 4.78 is 22.3. The van der Waals surface area contributed by atoms with E-state index in [2.05, 4.69) is 35.9 Å². The first-order valence-corrected chi connectivity index (χ1v) is 13.1. The van der Waals surface area contributed by atoms with Crippen molar-refractivity contribution < 1.29 is 44.2 Å². The molecular formula is C28H36N2O9. The number of aromatic nitrogens is 1. The number of ether oxygens (including phenoxy) is 4. The molecule has 39 heavy (non-hydrogen) atoms. The zero-order valence-corrected chi connectivity index (χ0v) is 21.9. The lowest BCUT2D eigenvalue weighted by molar-refractivity contribution is -0.339. The number of rotatable bonds is 7. The number of methoxy groups -OCH3 is 1. The summed E-state index contributed by atoms with van der Waals surface area (Å²) in [5.74, 6) is -1.56. The number of esters is 1. The summed E-state index contributed by atoms with van der Waals surface area (Å²) in [5.41, 5.74) is 4.90. The fourth-order valence-electron chi connectivity index (χ4n) is 6.04. The van der Waals surface area contributed by atoms with E-state index in [1.54, 1.807) is 6.08 Å². The maximum Gasteiger partial charge on any atom is 0.337 e. The third-order valence-corrected chi connectivity index (χ3v) is 8.09. The Morgan fingerprint density at radius 1 is 1.21 bits per heavy atom. The fraction of sp³-hybridized carbons (Fsp3) is 0.536. The van der Waals surface area contributed by atoms with Crippen LogP contribution in [0.1, 0.15) is 29.3 Å². The van der Waals surface area contributed by atoms with Gasteiger partial charge in [0, 0.05) is 34.5 Å². The molecule has 0 bridgehead atoms. The fourth-order valence-corrected chi connectivity index (χ4v) is 6.04. The highest BCUT2D eigenvalue weighted by molar-refractivity contribution is 5.89. The first-order valence-electron chi connectivity index (χ1n) is 13.1. The molecule has 3 aliphatic rings. The summed E-state index contributed by atoms with van der Waals surface area (Å²) >= 11 is 0. The molecule has 4 heterocycles. The van der Waals surface area contributed by atoms with E-state index in [0.29, 0.717) is 12.0 Å². The minimum atomic E-state index is -1.60. The molecule has 0 saturated carbocycles. The summed E-state index contributed by atoms with van der Waals surface area (Å²) in [6.45, 7) is 6.23. The SMILES string of the molecule is C=C[C@H]1[C@H](O[C@@H]2O[C@H](CO)[C@@H](O)[C@H](O)[C@H]2O)OC=C(C(=O)OC)[C@H]1C[C@@H]1NCCc2c1[nH]c1cccc(C)c21. The number of fused-ring (bicyclic) bond motifs is 3. The summed E-state index contributed by atoms with van der Waals surface area (Å²) in [4.78, 5) is 16.4. The number of aliphatic hydroxyl groups excluding tert-OH is 4. The molecular weight excluding hydrogens is 508 g/mol. The first-order chi connectivity index (χ1) is 18.8. The van der Waals surface area contributed by atoms with Crippen molar-refractivity contribution in [2.45, 2.75) is 62.8 Å². The number of carbonyl (C=O) groups excluding carboxylic acids is 1. The maximum atomic E-state index is 12.8. The van der Waals surface area contributed by atoms with E-state index in [-0.39, 0.29) is 6.04 Å². The van der Waals surface area contributed by atoms with Crippen LogP contribution in [0.25, 0.3) is 10.9 Å². The summed E-state index contributed by atoms with van der Waals surface area (Å²) in [7, 11) is 1.30. The van der Waals surface area contributed by atoms with E-state index >= 15 is 0 Å². The molecule has 0 spiro atoms. The Kier molecular flexibility index (Phi) is 8.11. The highest BCUT2D eigenvalue weighted by Crippen LogP contribution is 2.42. The van der Waals surface area contributed by atoms with Crippen molar-refractivity contribution in [3.63, 3.8) is 0 Å².